The molecule has 4 heteroatoms. The summed E-state index contributed by atoms with van der Waals surface area (Å²) in [6.07, 6.45) is 2.74. The molecule has 4 nitrogen and oxygen atoms in total. The average molecular weight is 287 g/mol. The third kappa shape index (κ3) is 2.77. The molecule has 1 aromatic carbocycles. The fourth-order valence-corrected chi connectivity index (χ4v) is 3.72. The Morgan fingerprint density at radius 3 is 2.57 bits per heavy atom. The molecule has 21 heavy (non-hydrogen) atoms. The molecule has 1 fully saturated rings. The van der Waals surface area contributed by atoms with Crippen molar-refractivity contribution in [3.05, 3.63) is 24.3 Å². The maximum atomic E-state index is 13.0. The molecular formula is C17H25N3O. The van der Waals surface area contributed by atoms with Gasteiger partial charge in [-0.1, -0.05) is 19.1 Å². The van der Waals surface area contributed by atoms with E-state index >= 15 is 0 Å². The first-order valence-electron chi connectivity index (χ1n) is 7.93. The third-order valence-corrected chi connectivity index (χ3v) is 4.75. The number of carbonyl (C=O) groups excluding carboxylic acids is 1. The summed E-state index contributed by atoms with van der Waals surface area (Å²) < 4.78 is 0. The van der Waals surface area contributed by atoms with Gasteiger partial charge in [-0.2, -0.15) is 0 Å². The molecule has 114 valence electrons. The summed E-state index contributed by atoms with van der Waals surface area (Å²) in [5, 5.41) is 0. The second-order valence-electron chi connectivity index (χ2n) is 6.69. The van der Waals surface area contributed by atoms with Crippen molar-refractivity contribution in [3.63, 3.8) is 0 Å². The molecule has 1 aliphatic heterocycles. The lowest BCUT2D eigenvalue weighted by atomic mass is 10.0. The Morgan fingerprint density at radius 1 is 1.19 bits per heavy atom. The number of anilines is 2. The number of hydrogen-bond donors (Lipinski definition) is 1. The Kier molecular flexibility index (Phi) is 3.89. The van der Waals surface area contributed by atoms with Gasteiger partial charge in [0.2, 0.25) is 5.91 Å². The molecule has 0 spiro atoms. The molecule has 3 atom stereocenters. The van der Waals surface area contributed by atoms with Gasteiger partial charge in [-0.3, -0.25) is 4.79 Å². The highest BCUT2D eigenvalue weighted by Gasteiger charge is 2.34. The number of benzene rings is 1. The van der Waals surface area contributed by atoms with Crippen LogP contribution in [0.15, 0.2) is 24.3 Å². The molecule has 1 amide bonds. The normalized spacial score (nSPS) is 29.2. The van der Waals surface area contributed by atoms with Crippen molar-refractivity contribution in [1.29, 1.82) is 0 Å². The highest BCUT2D eigenvalue weighted by molar-refractivity contribution is 5.98. The van der Waals surface area contributed by atoms with Gasteiger partial charge in [0.15, 0.2) is 0 Å². The van der Waals surface area contributed by atoms with Crippen molar-refractivity contribution in [2.45, 2.75) is 32.2 Å². The monoisotopic (exact) mass is 287 g/mol. The van der Waals surface area contributed by atoms with Gasteiger partial charge in [-0.05, 0) is 37.3 Å². The topological polar surface area (TPSA) is 49.6 Å². The lowest BCUT2D eigenvalue weighted by molar-refractivity contribution is -0.122. The number of nitrogens with zero attached hydrogens (tertiary/aromatic N) is 2. The van der Waals surface area contributed by atoms with E-state index in [1.807, 2.05) is 17.0 Å². The fourth-order valence-electron chi connectivity index (χ4n) is 3.72. The number of carbonyl (C=O) groups is 1. The molecule has 0 aromatic heterocycles. The number of hydrogen-bond acceptors (Lipinski definition) is 3. The third-order valence-electron chi connectivity index (χ3n) is 4.75. The maximum absolute atomic E-state index is 13.0. The van der Waals surface area contributed by atoms with Crippen LogP contribution in [0.1, 0.15) is 26.2 Å². The molecule has 1 saturated carbocycles. The largest absolute Gasteiger partial charge is 0.373 e. The van der Waals surface area contributed by atoms with Crippen molar-refractivity contribution in [2.75, 3.05) is 29.9 Å². The van der Waals surface area contributed by atoms with E-state index in [0.717, 1.165) is 43.7 Å². The van der Waals surface area contributed by atoms with Crippen molar-refractivity contribution in [3.8, 4) is 0 Å². The first-order chi connectivity index (χ1) is 10.1. The summed E-state index contributed by atoms with van der Waals surface area (Å²) in [7, 11) is 2.11. The Balaban J connectivity index is 1.92. The lowest BCUT2D eigenvalue weighted by Gasteiger charge is -2.27. The van der Waals surface area contributed by atoms with Crippen molar-refractivity contribution >= 4 is 17.3 Å². The number of rotatable bonds is 1. The first kappa shape index (κ1) is 14.4. The number of para-hydroxylation sites is 2. The van der Waals surface area contributed by atoms with E-state index in [1.165, 1.54) is 0 Å². The van der Waals surface area contributed by atoms with Gasteiger partial charge in [0.25, 0.3) is 0 Å². The zero-order valence-corrected chi connectivity index (χ0v) is 13.0. The summed E-state index contributed by atoms with van der Waals surface area (Å²) in [4.78, 5) is 17.2. The Labute approximate surface area is 126 Å². The quantitative estimate of drug-likeness (QED) is 0.861. The van der Waals surface area contributed by atoms with Crippen LogP contribution in [0.4, 0.5) is 11.4 Å². The fraction of sp³-hybridized carbons (Fsp3) is 0.588. The van der Waals surface area contributed by atoms with Crippen LogP contribution in [0, 0.1) is 11.8 Å². The van der Waals surface area contributed by atoms with E-state index in [9.17, 15) is 4.79 Å². The molecule has 2 N–H and O–H groups in total. The van der Waals surface area contributed by atoms with Gasteiger partial charge in [0, 0.05) is 32.1 Å². The van der Waals surface area contributed by atoms with Crippen LogP contribution in [0.25, 0.3) is 0 Å². The van der Waals surface area contributed by atoms with Gasteiger partial charge < -0.3 is 15.5 Å². The average Bonchev–Trinajstić information content (AvgIpc) is 2.85. The van der Waals surface area contributed by atoms with E-state index in [-0.39, 0.29) is 17.9 Å². The number of fused-ring (bicyclic) bond motifs is 1. The van der Waals surface area contributed by atoms with Crippen molar-refractivity contribution in [2.24, 2.45) is 17.6 Å². The minimum Gasteiger partial charge on any atom is -0.373 e. The summed E-state index contributed by atoms with van der Waals surface area (Å²) in [5.74, 6) is 0.822. The molecule has 0 unspecified atom stereocenters. The van der Waals surface area contributed by atoms with Crippen LogP contribution in [0.2, 0.25) is 0 Å². The van der Waals surface area contributed by atoms with Crippen molar-refractivity contribution in [1.82, 2.24) is 0 Å². The predicted molar refractivity (Wildman–Crippen MR) is 86.5 cm³/mol. The zero-order chi connectivity index (χ0) is 15.0. The van der Waals surface area contributed by atoms with Crippen LogP contribution in [0.5, 0.6) is 0 Å². The van der Waals surface area contributed by atoms with E-state index in [2.05, 4.69) is 31.0 Å². The van der Waals surface area contributed by atoms with Gasteiger partial charge in [-0.15, -0.1) is 0 Å². The zero-order valence-electron chi connectivity index (χ0n) is 13.0. The Hall–Kier alpha value is -1.55. The minimum absolute atomic E-state index is 0.101. The number of nitrogens with two attached hydrogens (primary N) is 1. The second kappa shape index (κ2) is 5.68. The Bertz CT molecular complexity index is 531. The van der Waals surface area contributed by atoms with Crippen LogP contribution in [-0.2, 0) is 4.79 Å². The molecule has 2 aliphatic rings. The first-order valence-corrected chi connectivity index (χ1v) is 7.93. The predicted octanol–water partition coefficient (Wildman–Crippen LogP) is 2.23. The maximum Gasteiger partial charge on any atom is 0.230 e. The highest BCUT2D eigenvalue weighted by Crippen LogP contribution is 2.35. The summed E-state index contributed by atoms with van der Waals surface area (Å²) in [6, 6.07) is 8.43. The van der Waals surface area contributed by atoms with Crippen LogP contribution >= 0.6 is 0 Å². The summed E-state index contributed by atoms with van der Waals surface area (Å²) >= 11 is 0. The SMILES string of the molecule is C[C@@H]1CN(C)c2ccccc2N(C(=O)[C@@H]2CC[C@H](N)C2)C1. The van der Waals surface area contributed by atoms with E-state index < -0.39 is 0 Å². The highest BCUT2D eigenvalue weighted by atomic mass is 16.2. The number of amides is 1. The summed E-state index contributed by atoms with van der Waals surface area (Å²) in [5.41, 5.74) is 8.19. The van der Waals surface area contributed by atoms with Crippen LogP contribution in [-0.4, -0.2) is 32.1 Å². The second-order valence-corrected chi connectivity index (χ2v) is 6.69. The smallest absolute Gasteiger partial charge is 0.230 e. The van der Waals surface area contributed by atoms with Gasteiger partial charge >= 0.3 is 0 Å². The molecule has 0 saturated heterocycles. The Morgan fingerprint density at radius 2 is 1.90 bits per heavy atom. The minimum atomic E-state index is 0.101. The van der Waals surface area contributed by atoms with Gasteiger partial charge in [0.05, 0.1) is 11.4 Å². The van der Waals surface area contributed by atoms with Crippen molar-refractivity contribution < 1.29 is 4.79 Å². The van der Waals surface area contributed by atoms with Gasteiger partial charge in [-0.25, -0.2) is 0 Å². The molecule has 3 rings (SSSR count). The molecular weight excluding hydrogens is 262 g/mol. The molecule has 1 aliphatic carbocycles. The summed E-state index contributed by atoms with van der Waals surface area (Å²) in [6.45, 7) is 3.99. The molecule has 0 bridgehead atoms. The standard InChI is InChI=1S/C17H25N3O/c1-12-10-19(2)15-5-3-4-6-16(15)20(11-12)17(21)13-7-8-14(18)9-13/h3-6,12-14H,7-11,18H2,1-2H3/t12-,13-,14+/m1/s1. The van der Waals surface area contributed by atoms with Crippen LogP contribution in [0.3, 0.4) is 0 Å². The molecule has 1 heterocycles. The molecule has 0 radical (unpaired) electrons. The molecule has 1 aromatic rings. The van der Waals surface area contributed by atoms with Gasteiger partial charge in [0.1, 0.15) is 0 Å². The lowest BCUT2D eigenvalue weighted by Crippen LogP contribution is -2.38. The van der Waals surface area contributed by atoms with E-state index in [4.69, 9.17) is 5.73 Å². The van der Waals surface area contributed by atoms with Crippen LogP contribution < -0.4 is 15.5 Å². The van der Waals surface area contributed by atoms with E-state index in [1.54, 1.807) is 0 Å². The van der Waals surface area contributed by atoms with E-state index in [0.29, 0.717) is 5.92 Å².